The molecule has 1 saturated heterocycles. The number of carbonyl (C=O) groups is 2. The summed E-state index contributed by atoms with van der Waals surface area (Å²) < 4.78 is 30.1. The van der Waals surface area contributed by atoms with Crippen molar-refractivity contribution in [2.75, 3.05) is 43.5 Å². The quantitative estimate of drug-likeness (QED) is 0.334. The van der Waals surface area contributed by atoms with Crippen molar-refractivity contribution in [2.24, 2.45) is 0 Å². The maximum Gasteiger partial charge on any atom is 0.326 e. The van der Waals surface area contributed by atoms with Gasteiger partial charge in [0.15, 0.2) is 9.84 Å². The number of morpholine rings is 1. The Labute approximate surface area is 224 Å². The van der Waals surface area contributed by atoms with E-state index in [9.17, 15) is 27.9 Å². The van der Waals surface area contributed by atoms with Gasteiger partial charge in [0.25, 0.3) is 5.91 Å². The molecule has 1 unspecified atom stereocenters. The molecule has 2 amide bonds. The SMILES string of the molecule is O=C(NC(CC(=O)N1CCOCC1)c1[nH]c(=O)[nH]c1O)c1ccc(CN2CCS(=O)(=O)c3ccccc32)cc1. The molecule has 2 aliphatic heterocycles. The van der Waals surface area contributed by atoms with Gasteiger partial charge in [-0.25, -0.2) is 13.2 Å². The standard InChI is InChI=1S/C26H29N5O7S/c32-22(30-9-12-38-13-10-30)15-19(23-25(34)29-26(35)28-23)27-24(33)18-7-5-17(6-8-18)16-31-11-14-39(36,37)21-4-2-1-3-20(21)31/h1-8,19,34H,9-16H2,(H,27,33)(H2,28,29,35). The first-order chi connectivity index (χ1) is 18.7. The van der Waals surface area contributed by atoms with Gasteiger partial charge >= 0.3 is 5.69 Å². The first-order valence-corrected chi connectivity index (χ1v) is 14.2. The van der Waals surface area contributed by atoms with Gasteiger partial charge in [-0.1, -0.05) is 24.3 Å². The number of benzene rings is 2. The van der Waals surface area contributed by atoms with Crippen molar-refractivity contribution >= 4 is 27.3 Å². The van der Waals surface area contributed by atoms with E-state index in [1.807, 2.05) is 4.90 Å². The Morgan fingerprint density at radius 3 is 2.44 bits per heavy atom. The van der Waals surface area contributed by atoms with E-state index in [-0.39, 0.29) is 23.8 Å². The third-order valence-electron chi connectivity index (χ3n) is 6.89. The molecule has 0 bridgehead atoms. The van der Waals surface area contributed by atoms with Crippen LogP contribution in [0.1, 0.15) is 34.1 Å². The molecule has 1 aromatic heterocycles. The summed E-state index contributed by atoms with van der Waals surface area (Å²) in [6.07, 6.45) is -0.164. The van der Waals surface area contributed by atoms with Crippen molar-refractivity contribution in [3.8, 4) is 5.88 Å². The van der Waals surface area contributed by atoms with Crippen LogP contribution in [0, 0.1) is 0 Å². The molecule has 12 nitrogen and oxygen atoms in total. The summed E-state index contributed by atoms with van der Waals surface area (Å²) in [6.45, 7) is 2.50. The van der Waals surface area contributed by atoms with Crippen LogP contribution >= 0.6 is 0 Å². The largest absolute Gasteiger partial charge is 0.493 e. The highest BCUT2D eigenvalue weighted by Crippen LogP contribution is 2.31. The lowest BCUT2D eigenvalue weighted by Crippen LogP contribution is -2.42. The van der Waals surface area contributed by atoms with Crippen molar-refractivity contribution in [1.29, 1.82) is 0 Å². The zero-order valence-electron chi connectivity index (χ0n) is 21.1. The Hall–Kier alpha value is -4.10. The Morgan fingerprint density at radius 1 is 1.03 bits per heavy atom. The number of nitrogens with one attached hydrogen (secondary N) is 3. The number of H-pyrrole nitrogens is 2. The summed E-state index contributed by atoms with van der Waals surface area (Å²) in [7, 11) is -3.31. The van der Waals surface area contributed by atoms with Crippen LogP contribution in [-0.4, -0.2) is 78.8 Å². The van der Waals surface area contributed by atoms with Crippen molar-refractivity contribution in [2.45, 2.75) is 23.9 Å². The number of hydrogen-bond donors (Lipinski definition) is 4. The van der Waals surface area contributed by atoms with Gasteiger partial charge in [-0.2, -0.15) is 0 Å². The van der Waals surface area contributed by atoms with Crippen molar-refractivity contribution in [3.63, 3.8) is 0 Å². The number of aromatic nitrogens is 2. The molecule has 206 valence electrons. The van der Waals surface area contributed by atoms with E-state index in [2.05, 4.69) is 15.3 Å². The molecule has 0 saturated carbocycles. The lowest BCUT2D eigenvalue weighted by molar-refractivity contribution is -0.135. The number of carbonyl (C=O) groups excluding carboxylic acids is 2. The van der Waals surface area contributed by atoms with E-state index in [4.69, 9.17) is 4.74 Å². The van der Waals surface area contributed by atoms with Gasteiger partial charge in [-0.15, -0.1) is 0 Å². The summed E-state index contributed by atoms with van der Waals surface area (Å²) >= 11 is 0. The summed E-state index contributed by atoms with van der Waals surface area (Å²) in [5, 5.41) is 12.9. The van der Waals surface area contributed by atoms with Crippen molar-refractivity contribution in [1.82, 2.24) is 20.2 Å². The molecule has 4 N–H and O–H groups in total. The normalized spacial score (nSPS) is 17.3. The van der Waals surface area contributed by atoms with Crippen molar-refractivity contribution in [3.05, 3.63) is 75.8 Å². The van der Waals surface area contributed by atoms with Crippen LogP contribution in [0.5, 0.6) is 5.88 Å². The lowest BCUT2D eigenvalue weighted by atomic mass is 10.1. The number of sulfone groups is 1. The van der Waals surface area contributed by atoms with Crippen LogP contribution in [0.3, 0.4) is 0 Å². The highest BCUT2D eigenvalue weighted by atomic mass is 32.2. The van der Waals surface area contributed by atoms with Crippen molar-refractivity contribution < 1.29 is 27.9 Å². The number of ether oxygens (including phenoxy) is 1. The van der Waals surface area contributed by atoms with Crippen LogP contribution in [0.4, 0.5) is 5.69 Å². The number of anilines is 1. The Balaban J connectivity index is 1.29. The second-order valence-electron chi connectivity index (χ2n) is 9.47. The molecule has 1 atom stereocenters. The Kier molecular flexibility index (Phi) is 7.44. The summed E-state index contributed by atoms with van der Waals surface area (Å²) in [6, 6.07) is 12.8. The van der Waals surface area contributed by atoms with Crippen LogP contribution in [0.2, 0.25) is 0 Å². The molecule has 0 spiro atoms. The molecule has 39 heavy (non-hydrogen) atoms. The predicted molar refractivity (Wildman–Crippen MR) is 141 cm³/mol. The molecule has 13 heteroatoms. The monoisotopic (exact) mass is 555 g/mol. The molecule has 3 aromatic rings. The topological polar surface area (TPSA) is 165 Å². The highest BCUT2D eigenvalue weighted by molar-refractivity contribution is 7.91. The molecular formula is C26H29N5O7S. The molecule has 5 rings (SSSR count). The van der Waals surface area contributed by atoms with Gasteiger partial charge in [0.2, 0.25) is 11.8 Å². The van der Waals surface area contributed by atoms with Gasteiger partial charge in [0, 0.05) is 31.7 Å². The molecule has 0 aliphatic carbocycles. The first kappa shape index (κ1) is 26.5. The van der Waals surface area contributed by atoms with E-state index in [1.54, 1.807) is 53.4 Å². The summed E-state index contributed by atoms with van der Waals surface area (Å²) in [4.78, 5) is 46.3. The number of fused-ring (bicyclic) bond motifs is 1. The van der Waals surface area contributed by atoms with Gasteiger partial charge in [-0.3, -0.25) is 14.6 Å². The number of hydrogen-bond acceptors (Lipinski definition) is 8. The average molecular weight is 556 g/mol. The van der Waals surface area contributed by atoms with Crippen LogP contribution in [-0.2, 0) is 25.9 Å². The summed E-state index contributed by atoms with van der Waals surface area (Å²) in [5.41, 5.74) is 1.22. The zero-order chi connectivity index (χ0) is 27.6. The van der Waals surface area contributed by atoms with Crippen LogP contribution in [0.25, 0.3) is 0 Å². The van der Waals surface area contributed by atoms with Gasteiger partial charge in [0.05, 0.1) is 42.0 Å². The number of imidazole rings is 1. The second-order valence-corrected chi connectivity index (χ2v) is 11.5. The predicted octanol–water partition coefficient (Wildman–Crippen LogP) is 0.923. The number of para-hydroxylation sites is 1. The fraction of sp³-hybridized carbons (Fsp3) is 0.346. The van der Waals surface area contributed by atoms with Gasteiger partial charge < -0.3 is 29.9 Å². The average Bonchev–Trinajstić information content (AvgIpc) is 3.28. The maximum atomic E-state index is 13.1. The number of aromatic amines is 2. The third-order valence-corrected chi connectivity index (χ3v) is 8.63. The molecule has 2 aliphatic rings. The number of aromatic hydroxyl groups is 1. The molecule has 3 heterocycles. The molecule has 1 fully saturated rings. The lowest BCUT2D eigenvalue weighted by Gasteiger charge is -2.31. The Morgan fingerprint density at radius 2 is 1.74 bits per heavy atom. The third kappa shape index (κ3) is 5.83. The first-order valence-electron chi connectivity index (χ1n) is 12.5. The van der Waals surface area contributed by atoms with E-state index < -0.39 is 33.4 Å². The van der Waals surface area contributed by atoms with Crippen LogP contribution < -0.4 is 15.9 Å². The second kappa shape index (κ2) is 10.9. The van der Waals surface area contributed by atoms with E-state index >= 15 is 0 Å². The smallest absolute Gasteiger partial charge is 0.326 e. The van der Waals surface area contributed by atoms with Gasteiger partial charge in [-0.05, 0) is 29.8 Å². The molecule has 2 aromatic carbocycles. The Bertz CT molecular complexity index is 1520. The van der Waals surface area contributed by atoms with E-state index in [0.29, 0.717) is 55.5 Å². The summed E-state index contributed by atoms with van der Waals surface area (Å²) in [5.74, 6) is -1.15. The van der Waals surface area contributed by atoms with Gasteiger partial charge in [0.1, 0.15) is 5.69 Å². The zero-order valence-corrected chi connectivity index (χ0v) is 21.9. The fourth-order valence-electron chi connectivity index (χ4n) is 4.81. The van der Waals surface area contributed by atoms with E-state index in [1.165, 1.54) is 0 Å². The minimum absolute atomic E-state index is 0.0188. The van der Waals surface area contributed by atoms with Crippen LogP contribution in [0.15, 0.2) is 58.2 Å². The maximum absolute atomic E-state index is 13.1. The molecule has 0 radical (unpaired) electrons. The number of nitrogens with zero attached hydrogens (tertiary/aromatic N) is 2. The number of rotatable bonds is 7. The van der Waals surface area contributed by atoms with E-state index in [0.717, 1.165) is 5.56 Å². The number of amides is 2. The highest BCUT2D eigenvalue weighted by Gasteiger charge is 2.29. The minimum Gasteiger partial charge on any atom is -0.493 e. The fourth-order valence-corrected chi connectivity index (χ4v) is 6.29. The molecular weight excluding hydrogens is 526 g/mol. The minimum atomic E-state index is -3.31.